The maximum absolute atomic E-state index is 13.5. The van der Waals surface area contributed by atoms with E-state index in [0.29, 0.717) is 11.1 Å². The molecule has 2 aromatic rings. The molecular weight excluding hydrogens is 468 g/mol. The number of guanidine groups is 1. The molecule has 0 radical (unpaired) electrons. The summed E-state index contributed by atoms with van der Waals surface area (Å²) in [5.41, 5.74) is 10.0. The summed E-state index contributed by atoms with van der Waals surface area (Å²) in [4.78, 5) is 4.20. The number of anilines is 1. The molecule has 0 unspecified atom stereocenters. The molecule has 0 aliphatic rings. The van der Waals surface area contributed by atoms with E-state index in [4.69, 9.17) is 5.73 Å². The average molecular weight is 491 g/mol. The third kappa shape index (κ3) is 6.91. The Morgan fingerprint density at radius 2 is 1.81 bits per heavy atom. The first kappa shape index (κ1) is 22.4. The zero-order chi connectivity index (χ0) is 18.6. The molecule has 0 spiro atoms. The van der Waals surface area contributed by atoms with Crippen molar-refractivity contribution in [1.82, 2.24) is 0 Å². The Kier molecular flexibility index (Phi) is 8.01. The van der Waals surface area contributed by atoms with Crippen LogP contribution in [0.2, 0.25) is 0 Å². The van der Waals surface area contributed by atoms with Gasteiger partial charge in [-0.2, -0.15) is 0 Å². The molecule has 5 nitrogen and oxygen atoms in total. The number of aliphatic imine (C=N–C) groups is 1. The molecule has 0 heterocycles. The van der Waals surface area contributed by atoms with Gasteiger partial charge in [0.15, 0.2) is 15.8 Å². The highest BCUT2D eigenvalue weighted by atomic mass is 127. The summed E-state index contributed by atoms with van der Waals surface area (Å²) in [5, 5.41) is 2.98. The number of sulfone groups is 1. The van der Waals surface area contributed by atoms with Gasteiger partial charge in [-0.15, -0.1) is 24.0 Å². The average Bonchev–Trinajstić information content (AvgIpc) is 2.50. The van der Waals surface area contributed by atoms with Gasteiger partial charge in [-0.25, -0.2) is 17.8 Å². The first-order valence-electron chi connectivity index (χ1n) is 7.73. The summed E-state index contributed by atoms with van der Waals surface area (Å²) in [5.74, 6) is -0.427. The van der Waals surface area contributed by atoms with E-state index in [2.05, 4.69) is 10.3 Å². The van der Waals surface area contributed by atoms with Gasteiger partial charge < -0.3 is 11.1 Å². The lowest BCUT2D eigenvalue weighted by Gasteiger charge is -2.10. The molecule has 0 aromatic heterocycles. The third-order valence-corrected chi connectivity index (χ3v) is 4.62. The van der Waals surface area contributed by atoms with E-state index in [9.17, 15) is 12.8 Å². The number of nitrogens with zero attached hydrogens (tertiary/aromatic N) is 1. The van der Waals surface area contributed by atoms with Crippen molar-refractivity contribution in [2.45, 2.75) is 26.1 Å². The first-order valence-corrected chi connectivity index (χ1v) is 9.79. The standard InChI is InChI=1S/C18H22FN3O2S.HI/c1-12-4-7-17(8-13(12)2)22-18(20)21-10-15-9-16(19)6-5-14(15)11-25(3,23)24;/h4-9H,10-11H2,1-3H3,(H3,20,21,22);1H. The van der Waals surface area contributed by atoms with E-state index in [1.807, 2.05) is 32.0 Å². The predicted octanol–water partition coefficient (Wildman–Crippen LogP) is 3.53. The second-order valence-corrected chi connectivity index (χ2v) is 8.25. The fraction of sp³-hybridized carbons (Fsp3) is 0.278. The number of nitrogens with two attached hydrogens (primary N) is 1. The minimum Gasteiger partial charge on any atom is -0.370 e. The van der Waals surface area contributed by atoms with Gasteiger partial charge in [0.2, 0.25) is 0 Å². The maximum atomic E-state index is 13.5. The van der Waals surface area contributed by atoms with Crippen LogP contribution in [0.1, 0.15) is 22.3 Å². The van der Waals surface area contributed by atoms with Crippen molar-refractivity contribution in [2.24, 2.45) is 10.7 Å². The van der Waals surface area contributed by atoms with Crippen LogP contribution in [0.3, 0.4) is 0 Å². The van der Waals surface area contributed by atoms with Gasteiger partial charge >= 0.3 is 0 Å². The highest BCUT2D eigenvalue weighted by Gasteiger charge is 2.10. The molecule has 0 aliphatic carbocycles. The van der Waals surface area contributed by atoms with Crippen molar-refractivity contribution in [2.75, 3.05) is 11.6 Å². The molecule has 0 aliphatic heterocycles. The van der Waals surface area contributed by atoms with Crippen molar-refractivity contribution in [3.8, 4) is 0 Å². The number of hydrogen-bond acceptors (Lipinski definition) is 3. The van der Waals surface area contributed by atoms with E-state index in [1.54, 1.807) is 0 Å². The summed E-state index contributed by atoms with van der Waals surface area (Å²) < 4.78 is 36.5. The van der Waals surface area contributed by atoms with E-state index < -0.39 is 15.7 Å². The van der Waals surface area contributed by atoms with Crippen molar-refractivity contribution in [3.05, 3.63) is 64.5 Å². The van der Waals surface area contributed by atoms with E-state index in [0.717, 1.165) is 17.5 Å². The summed E-state index contributed by atoms with van der Waals surface area (Å²) in [6.07, 6.45) is 1.14. The van der Waals surface area contributed by atoms with Crippen LogP contribution >= 0.6 is 24.0 Å². The molecule has 0 fully saturated rings. The molecular formula is C18H23FIN3O2S. The predicted molar refractivity (Wildman–Crippen MR) is 115 cm³/mol. The van der Waals surface area contributed by atoms with Gasteiger partial charge in [0.1, 0.15) is 5.82 Å². The maximum Gasteiger partial charge on any atom is 0.193 e. The lowest BCUT2D eigenvalue weighted by Crippen LogP contribution is -2.22. The van der Waals surface area contributed by atoms with E-state index in [1.165, 1.54) is 23.8 Å². The zero-order valence-electron chi connectivity index (χ0n) is 14.9. The molecule has 0 atom stereocenters. The smallest absolute Gasteiger partial charge is 0.193 e. The molecule has 0 saturated heterocycles. The second-order valence-electron chi connectivity index (χ2n) is 6.11. The number of nitrogens with one attached hydrogen (secondary N) is 1. The second kappa shape index (κ2) is 9.31. The molecule has 142 valence electrons. The normalized spacial score (nSPS) is 11.8. The molecule has 3 N–H and O–H groups in total. The highest BCUT2D eigenvalue weighted by molar-refractivity contribution is 14.0. The van der Waals surface area contributed by atoms with Crippen LogP contribution in [-0.4, -0.2) is 20.6 Å². The van der Waals surface area contributed by atoms with Crippen LogP contribution in [0.5, 0.6) is 0 Å². The van der Waals surface area contributed by atoms with Crippen LogP contribution in [0.15, 0.2) is 41.4 Å². The van der Waals surface area contributed by atoms with Crippen LogP contribution in [0.4, 0.5) is 10.1 Å². The zero-order valence-corrected chi connectivity index (χ0v) is 18.1. The molecule has 0 bridgehead atoms. The third-order valence-electron chi connectivity index (χ3n) is 3.79. The first-order chi connectivity index (χ1) is 11.6. The van der Waals surface area contributed by atoms with Crippen molar-refractivity contribution < 1.29 is 12.8 Å². The molecule has 8 heteroatoms. The Morgan fingerprint density at radius 1 is 1.12 bits per heavy atom. The fourth-order valence-corrected chi connectivity index (χ4v) is 3.19. The number of benzene rings is 2. The molecule has 0 amide bonds. The number of aryl methyl sites for hydroxylation is 2. The van der Waals surface area contributed by atoms with Gasteiger partial charge in [0, 0.05) is 11.9 Å². The number of rotatable bonds is 5. The quantitative estimate of drug-likeness (QED) is 0.381. The summed E-state index contributed by atoms with van der Waals surface area (Å²) in [7, 11) is -3.23. The summed E-state index contributed by atoms with van der Waals surface area (Å²) >= 11 is 0. The monoisotopic (exact) mass is 491 g/mol. The highest BCUT2D eigenvalue weighted by Crippen LogP contribution is 2.16. The molecule has 26 heavy (non-hydrogen) atoms. The molecule has 2 rings (SSSR count). The largest absolute Gasteiger partial charge is 0.370 e. The van der Waals surface area contributed by atoms with Gasteiger partial charge in [0.25, 0.3) is 0 Å². The van der Waals surface area contributed by atoms with Crippen LogP contribution in [0.25, 0.3) is 0 Å². The van der Waals surface area contributed by atoms with Crippen LogP contribution in [0, 0.1) is 19.7 Å². The van der Waals surface area contributed by atoms with Crippen LogP contribution in [-0.2, 0) is 22.1 Å². The van der Waals surface area contributed by atoms with Gasteiger partial charge in [-0.1, -0.05) is 12.1 Å². The van der Waals surface area contributed by atoms with E-state index >= 15 is 0 Å². The van der Waals surface area contributed by atoms with Gasteiger partial charge in [-0.3, -0.25) is 0 Å². The Bertz CT molecular complexity index is 915. The summed E-state index contributed by atoms with van der Waals surface area (Å²) in [6, 6.07) is 9.81. The van der Waals surface area contributed by atoms with Crippen LogP contribution < -0.4 is 11.1 Å². The Balaban J connectivity index is 0.00000338. The number of hydrogen-bond donors (Lipinski definition) is 2. The van der Waals surface area contributed by atoms with Crippen molar-refractivity contribution in [3.63, 3.8) is 0 Å². The Labute approximate surface area is 170 Å². The van der Waals surface area contributed by atoms with Crippen molar-refractivity contribution in [1.29, 1.82) is 0 Å². The lowest BCUT2D eigenvalue weighted by atomic mass is 10.1. The summed E-state index contributed by atoms with van der Waals surface area (Å²) in [6.45, 7) is 4.11. The molecule has 2 aromatic carbocycles. The SMILES string of the molecule is Cc1ccc(NC(N)=NCc2cc(F)ccc2CS(C)(=O)=O)cc1C.I. The number of halogens is 2. The minimum atomic E-state index is -3.23. The van der Waals surface area contributed by atoms with Gasteiger partial charge in [-0.05, 0) is 60.4 Å². The topological polar surface area (TPSA) is 84.5 Å². The fourth-order valence-electron chi connectivity index (χ4n) is 2.34. The van der Waals surface area contributed by atoms with Crippen molar-refractivity contribution >= 4 is 45.5 Å². The van der Waals surface area contributed by atoms with Gasteiger partial charge in [0.05, 0.1) is 12.3 Å². The Hall–Kier alpha value is -1.68. The van der Waals surface area contributed by atoms with E-state index in [-0.39, 0.29) is 42.2 Å². The minimum absolute atomic E-state index is 0. The lowest BCUT2D eigenvalue weighted by molar-refractivity contribution is 0.600. The molecule has 0 saturated carbocycles. The Morgan fingerprint density at radius 3 is 2.42 bits per heavy atom.